The first-order valence-electron chi connectivity index (χ1n) is 10.6. The van der Waals surface area contributed by atoms with Gasteiger partial charge in [0.05, 0.1) is 5.39 Å². The minimum absolute atomic E-state index is 0.114. The van der Waals surface area contributed by atoms with Crippen LogP contribution in [0.2, 0.25) is 0 Å². The Balaban J connectivity index is 1.60. The Morgan fingerprint density at radius 1 is 0.933 bits per heavy atom. The van der Waals surface area contributed by atoms with Gasteiger partial charge in [-0.15, -0.1) is 11.3 Å². The average Bonchev–Trinajstić information content (AvgIpc) is 3.17. The fourth-order valence-electron chi connectivity index (χ4n) is 4.22. The smallest absolute Gasteiger partial charge is 0.262 e. The molecule has 0 radical (unpaired) electrons. The summed E-state index contributed by atoms with van der Waals surface area (Å²) in [5.74, 6) is 0.742. The van der Waals surface area contributed by atoms with Gasteiger partial charge in [-0.05, 0) is 54.9 Å². The largest absolute Gasteiger partial charge is 0.292 e. The molecule has 0 fully saturated rings. The van der Waals surface area contributed by atoms with E-state index in [0.717, 1.165) is 47.3 Å². The lowest BCUT2D eigenvalue weighted by Crippen LogP contribution is -2.25. The second kappa shape index (κ2) is 8.41. The molecule has 4 aromatic rings. The molecule has 4 heteroatoms. The first kappa shape index (κ1) is 19.0. The van der Waals surface area contributed by atoms with Crippen molar-refractivity contribution in [1.82, 2.24) is 9.55 Å². The Morgan fingerprint density at radius 2 is 1.67 bits per heavy atom. The lowest BCUT2D eigenvalue weighted by Gasteiger charge is -2.12. The highest BCUT2D eigenvalue weighted by molar-refractivity contribution is 7.18. The molecule has 1 aliphatic rings. The minimum atomic E-state index is 0.114. The van der Waals surface area contributed by atoms with Crippen LogP contribution in [0.25, 0.3) is 22.4 Å². The van der Waals surface area contributed by atoms with E-state index in [1.165, 1.54) is 22.4 Å². The molecule has 0 amide bonds. The van der Waals surface area contributed by atoms with Crippen LogP contribution in [0.4, 0.5) is 0 Å². The zero-order valence-corrected chi connectivity index (χ0v) is 17.7. The Morgan fingerprint density at radius 3 is 2.47 bits per heavy atom. The van der Waals surface area contributed by atoms with Gasteiger partial charge in [0.1, 0.15) is 10.7 Å². The van der Waals surface area contributed by atoms with Crippen molar-refractivity contribution in [3.05, 3.63) is 98.4 Å². The second-order valence-corrected chi connectivity index (χ2v) is 8.88. The van der Waals surface area contributed by atoms with Crippen molar-refractivity contribution in [3.63, 3.8) is 0 Å². The van der Waals surface area contributed by atoms with Gasteiger partial charge in [-0.3, -0.25) is 9.36 Å². The van der Waals surface area contributed by atoms with Crippen molar-refractivity contribution in [2.45, 2.75) is 38.6 Å². The molecule has 0 saturated carbocycles. The maximum atomic E-state index is 13.6. The molecular formula is C26H24N2OS. The monoisotopic (exact) mass is 412 g/mol. The topological polar surface area (TPSA) is 34.9 Å². The maximum Gasteiger partial charge on any atom is 0.262 e. The predicted molar refractivity (Wildman–Crippen MR) is 126 cm³/mol. The van der Waals surface area contributed by atoms with E-state index in [1.807, 2.05) is 53.1 Å². The number of aryl methyl sites for hydroxylation is 3. The van der Waals surface area contributed by atoms with Gasteiger partial charge in [-0.2, -0.15) is 0 Å². The van der Waals surface area contributed by atoms with Crippen LogP contribution >= 0.6 is 11.3 Å². The molecule has 0 unspecified atom stereocenters. The van der Waals surface area contributed by atoms with Gasteiger partial charge in [-0.1, -0.05) is 66.7 Å². The summed E-state index contributed by atoms with van der Waals surface area (Å²) >= 11 is 1.71. The van der Waals surface area contributed by atoms with Crippen LogP contribution in [0, 0.1) is 0 Å². The maximum absolute atomic E-state index is 13.6. The predicted octanol–water partition coefficient (Wildman–Crippen LogP) is 5.75. The SMILES string of the molecule is O=c1c2c3c(sc2nc(C=Cc2ccccc2)n1CCc1ccccc1)CCCC3. The van der Waals surface area contributed by atoms with Crippen molar-refractivity contribution < 1.29 is 0 Å². The number of nitrogens with zero attached hydrogens (tertiary/aromatic N) is 2. The van der Waals surface area contributed by atoms with Crippen molar-refractivity contribution in [2.75, 3.05) is 0 Å². The van der Waals surface area contributed by atoms with Crippen LogP contribution in [-0.2, 0) is 25.8 Å². The molecule has 0 saturated heterocycles. The van der Waals surface area contributed by atoms with E-state index in [0.29, 0.717) is 6.54 Å². The summed E-state index contributed by atoms with van der Waals surface area (Å²) in [5.41, 5.74) is 3.70. The minimum Gasteiger partial charge on any atom is -0.292 e. The molecule has 1 aliphatic carbocycles. The number of hydrogen-bond acceptors (Lipinski definition) is 3. The van der Waals surface area contributed by atoms with Gasteiger partial charge in [0.2, 0.25) is 0 Å². The fraction of sp³-hybridized carbons (Fsp3) is 0.231. The van der Waals surface area contributed by atoms with E-state index >= 15 is 0 Å². The van der Waals surface area contributed by atoms with Crippen LogP contribution in [0.1, 0.15) is 40.2 Å². The summed E-state index contributed by atoms with van der Waals surface area (Å²) in [6.07, 6.45) is 9.30. The Labute approximate surface area is 180 Å². The molecule has 30 heavy (non-hydrogen) atoms. The highest BCUT2D eigenvalue weighted by atomic mass is 32.1. The average molecular weight is 413 g/mol. The Bertz CT molecular complexity index is 1250. The zero-order chi connectivity index (χ0) is 20.3. The van der Waals surface area contributed by atoms with Gasteiger partial charge in [0.25, 0.3) is 5.56 Å². The van der Waals surface area contributed by atoms with Crippen LogP contribution in [0.5, 0.6) is 0 Å². The highest BCUT2D eigenvalue weighted by Gasteiger charge is 2.21. The third kappa shape index (κ3) is 3.75. The summed E-state index contributed by atoms with van der Waals surface area (Å²) in [6.45, 7) is 0.630. The summed E-state index contributed by atoms with van der Waals surface area (Å²) < 4.78 is 1.87. The fourth-order valence-corrected chi connectivity index (χ4v) is 5.48. The molecule has 2 aromatic heterocycles. The third-order valence-electron chi connectivity index (χ3n) is 5.80. The van der Waals surface area contributed by atoms with Crippen molar-refractivity contribution in [2.24, 2.45) is 0 Å². The molecule has 150 valence electrons. The van der Waals surface area contributed by atoms with Crippen LogP contribution in [0.15, 0.2) is 65.5 Å². The number of aromatic nitrogens is 2. The van der Waals surface area contributed by atoms with E-state index in [2.05, 4.69) is 24.3 Å². The molecule has 3 nitrogen and oxygen atoms in total. The molecule has 2 aromatic carbocycles. The van der Waals surface area contributed by atoms with Crippen molar-refractivity contribution >= 4 is 33.7 Å². The standard InChI is InChI=1S/C26H24N2OS/c29-26-24-21-13-7-8-14-22(21)30-25(24)27-23(16-15-19-9-3-1-4-10-19)28(26)18-17-20-11-5-2-6-12-20/h1-6,9-12,15-16H,7-8,13-14,17-18H2. The summed E-state index contributed by atoms with van der Waals surface area (Å²) in [5, 5.41) is 0.861. The van der Waals surface area contributed by atoms with E-state index in [4.69, 9.17) is 4.98 Å². The molecule has 0 bridgehead atoms. The van der Waals surface area contributed by atoms with Gasteiger partial charge in [0, 0.05) is 11.4 Å². The molecule has 0 aliphatic heterocycles. The first-order chi connectivity index (χ1) is 14.8. The number of rotatable bonds is 5. The Hall–Kier alpha value is -2.98. The van der Waals surface area contributed by atoms with E-state index in [9.17, 15) is 4.79 Å². The third-order valence-corrected chi connectivity index (χ3v) is 6.98. The Kier molecular flexibility index (Phi) is 5.33. The van der Waals surface area contributed by atoms with Gasteiger partial charge in [0.15, 0.2) is 0 Å². The summed E-state index contributed by atoms with van der Waals surface area (Å²) in [4.78, 5) is 20.8. The normalized spacial score (nSPS) is 13.7. The molecular weight excluding hydrogens is 388 g/mol. The molecule has 2 heterocycles. The highest BCUT2D eigenvalue weighted by Crippen LogP contribution is 2.34. The van der Waals surface area contributed by atoms with Crippen LogP contribution < -0.4 is 5.56 Å². The molecule has 5 rings (SSSR count). The van der Waals surface area contributed by atoms with Gasteiger partial charge >= 0.3 is 0 Å². The number of thiophene rings is 1. The van der Waals surface area contributed by atoms with E-state index < -0.39 is 0 Å². The van der Waals surface area contributed by atoms with E-state index in [1.54, 1.807) is 11.3 Å². The van der Waals surface area contributed by atoms with Crippen LogP contribution in [-0.4, -0.2) is 9.55 Å². The van der Waals surface area contributed by atoms with Crippen molar-refractivity contribution in [1.29, 1.82) is 0 Å². The van der Waals surface area contributed by atoms with Crippen LogP contribution in [0.3, 0.4) is 0 Å². The molecule has 0 spiro atoms. The summed E-state index contributed by atoms with van der Waals surface area (Å²) in [6, 6.07) is 20.5. The quantitative estimate of drug-likeness (QED) is 0.418. The zero-order valence-electron chi connectivity index (χ0n) is 16.9. The lowest BCUT2D eigenvalue weighted by atomic mass is 9.97. The lowest BCUT2D eigenvalue weighted by molar-refractivity contribution is 0.654. The first-order valence-corrected chi connectivity index (χ1v) is 11.4. The molecule has 0 N–H and O–H groups in total. The second-order valence-electron chi connectivity index (χ2n) is 7.80. The number of hydrogen-bond donors (Lipinski definition) is 0. The van der Waals surface area contributed by atoms with Crippen molar-refractivity contribution in [3.8, 4) is 0 Å². The van der Waals surface area contributed by atoms with Gasteiger partial charge < -0.3 is 0 Å². The van der Waals surface area contributed by atoms with Gasteiger partial charge in [-0.25, -0.2) is 4.98 Å². The summed E-state index contributed by atoms with van der Waals surface area (Å²) in [7, 11) is 0. The molecule has 0 atom stereocenters. The number of fused-ring (bicyclic) bond motifs is 3. The van der Waals surface area contributed by atoms with E-state index in [-0.39, 0.29) is 5.56 Å². The number of benzene rings is 2.